The summed E-state index contributed by atoms with van der Waals surface area (Å²) in [5.74, 6) is 0.240. The maximum Gasteiger partial charge on any atom is 0.120 e. The molecule has 0 radical (unpaired) electrons. The van der Waals surface area contributed by atoms with Crippen molar-refractivity contribution in [3.63, 3.8) is 0 Å². The monoisotopic (exact) mass is 377 g/mol. The Labute approximate surface area is 170 Å². The molecule has 0 aliphatic heterocycles. The highest BCUT2D eigenvalue weighted by Crippen LogP contribution is 2.43. The third-order valence-corrected chi connectivity index (χ3v) is 6.03. The van der Waals surface area contributed by atoms with Crippen molar-refractivity contribution in [3.05, 3.63) is 113 Å². The van der Waals surface area contributed by atoms with Crippen LogP contribution in [-0.2, 0) is 0 Å². The fraction of sp³-hybridized carbons (Fsp3) is 0.111. The summed E-state index contributed by atoms with van der Waals surface area (Å²) in [4.78, 5) is 3.67. The van der Waals surface area contributed by atoms with E-state index in [1.54, 1.807) is 0 Å². The molecule has 4 aromatic carbocycles. The third kappa shape index (κ3) is 2.80. The van der Waals surface area contributed by atoms with Gasteiger partial charge in [0.1, 0.15) is 5.75 Å². The molecule has 5 aromatic rings. The lowest BCUT2D eigenvalue weighted by molar-refractivity contribution is 0.468. The SMILES string of the molecule is Cc1ccccc1C(c1[nH]c2ccccc2c1C)c1c(O)ccc2ccccc12. The summed E-state index contributed by atoms with van der Waals surface area (Å²) in [6.45, 7) is 4.31. The Morgan fingerprint density at radius 3 is 2.21 bits per heavy atom. The van der Waals surface area contributed by atoms with Gasteiger partial charge in [-0.25, -0.2) is 0 Å². The summed E-state index contributed by atoms with van der Waals surface area (Å²) in [6.07, 6.45) is 0. The Morgan fingerprint density at radius 2 is 1.41 bits per heavy atom. The van der Waals surface area contributed by atoms with Gasteiger partial charge >= 0.3 is 0 Å². The quantitative estimate of drug-likeness (QED) is 0.355. The lowest BCUT2D eigenvalue weighted by Crippen LogP contribution is -2.08. The molecule has 2 heteroatoms. The molecule has 1 atom stereocenters. The molecule has 5 rings (SSSR count). The van der Waals surface area contributed by atoms with Crippen LogP contribution in [0.4, 0.5) is 0 Å². The van der Waals surface area contributed by atoms with Crippen LogP contribution in [0.2, 0.25) is 0 Å². The van der Waals surface area contributed by atoms with Gasteiger partial charge in [-0.05, 0) is 53.4 Å². The highest BCUT2D eigenvalue weighted by Gasteiger charge is 2.27. The molecule has 0 aliphatic carbocycles. The topological polar surface area (TPSA) is 36.0 Å². The summed E-state index contributed by atoms with van der Waals surface area (Å²) >= 11 is 0. The molecule has 0 spiro atoms. The molecule has 0 bridgehead atoms. The minimum absolute atomic E-state index is 0.0882. The standard InChI is InChI=1S/C27H23NO/c1-17-9-3-5-11-20(17)26(27-18(2)21-12-7-8-14-23(21)28-27)25-22-13-6-4-10-19(22)15-16-24(25)29/h3-16,26,28-29H,1-2H3. The number of hydrogen-bond donors (Lipinski definition) is 2. The molecule has 1 unspecified atom stereocenters. The summed E-state index contributed by atoms with van der Waals surface area (Å²) in [6, 6.07) is 29.0. The lowest BCUT2D eigenvalue weighted by Gasteiger charge is -2.23. The normalized spacial score (nSPS) is 12.5. The van der Waals surface area contributed by atoms with Crippen molar-refractivity contribution >= 4 is 21.7 Å². The second-order valence-electron chi connectivity index (χ2n) is 7.72. The van der Waals surface area contributed by atoms with E-state index in [1.807, 2.05) is 24.3 Å². The number of hydrogen-bond acceptors (Lipinski definition) is 1. The van der Waals surface area contributed by atoms with Crippen LogP contribution in [0.1, 0.15) is 33.9 Å². The molecule has 29 heavy (non-hydrogen) atoms. The minimum atomic E-state index is -0.0882. The van der Waals surface area contributed by atoms with E-state index in [9.17, 15) is 5.11 Å². The van der Waals surface area contributed by atoms with Gasteiger partial charge < -0.3 is 10.1 Å². The van der Waals surface area contributed by atoms with Crippen LogP contribution in [0.3, 0.4) is 0 Å². The van der Waals surface area contributed by atoms with E-state index in [1.165, 1.54) is 22.1 Å². The summed E-state index contributed by atoms with van der Waals surface area (Å²) in [5.41, 5.74) is 6.84. The Bertz CT molecular complexity index is 1350. The number of para-hydroxylation sites is 1. The van der Waals surface area contributed by atoms with Crippen LogP contribution in [0.5, 0.6) is 5.75 Å². The van der Waals surface area contributed by atoms with Crippen molar-refractivity contribution < 1.29 is 5.11 Å². The second kappa shape index (κ2) is 6.82. The first kappa shape index (κ1) is 17.6. The number of phenolic OH excluding ortho intramolecular Hbond substituents is 1. The molecule has 0 fully saturated rings. The zero-order valence-electron chi connectivity index (χ0n) is 16.6. The Morgan fingerprint density at radius 1 is 0.724 bits per heavy atom. The van der Waals surface area contributed by atoms with Crippen molar-refractivity contribution in [2.45, 2.75) is 19.8 Å². The molecule has 1 aromatic heterocycles. The summed E-state index contributed by atoms with van der Waals surface area (Å²) in [5, 5.41) is 14.5. The zero-order chi connectivity index (χ0) is 20.0. The number of aromatic nitrogens is 1. The van der Waals surface area contributed by atoms with Crippen LogP contribution in [0, 0.1) is 13.8 Å². The molecule has 2 N–H and O–H groups in total. The number of fused-ring (bicyclic) bond motifs is 2. The van der Waals surface area contributed by atoms with E-state index >= 15 is 0 Å². The van der Waals surface area contributed by atoms with E-state index in [0.717, 1.165) is 27.5 Å². The largest absolute Gasteiger partial charge is 0.508 e. The molecule has 0 saturated heterocycles. The number of nitrogens with one attached hydrogen (secondary N) is 1. The van der Waals surface area contributed by atoms with Gasteiger partial charge in [0, 0.05) is 22.2 Å². The van der Waals surface area contributed by atoms with E-state index in [4.69, 9.17) is 0 Å². The van der Waals surface area contributed by atoms with Gasteiger partial charge in [-0.3, -0.25) is 0 Å². The fourth-order valence-electron chi connectivity index (χ4n) is 4.55. The first-order chi connectivity index (χ1) is 14.1. The Balaban J connectivity index is 1.89. The maximum atomic E-state index is 11.0. The Kier molecular flexibility index (Phi) is 4.13. The van der Waals surface area contributed by atoms with Crippen LogP contribution >= 0.6 is 0 Å². The van der Waals surface area contributed by atoms with Crippen molar-refractivity contribution in [1.29, 1.82) is 0 Å². The molecule has 2 nitrogen and oxygen atoms in total. The molecular formula is C27H23NO. The van der Waals surface area contributed by atoms with E-state index in [0.29, 0.717) is 5.75 Å². The van der Waals surface area contributed by atoms with Gasteiger partial charge in [0.2, 0.25) is 0 Å². The smallest absolute Gasteiger partial charge is 0.120 e. The van der Waals surface area contributed by atoms with Crippen LogP contribution in [-0.4, -0.2) is 10.1 Å². The molecule has 1 heterocycles. The van der Waals surface area contributed by atoms with Gasteiger partial charge in [0.15, 0.2) is 0 Å². The number of H-pyrrole nitrogens is 1. The van der Waals surface area contributed by atoms with Crippen molar-refractivity contribution in [3.8, 4) is 5.75 Å². The Hall–Kier alpha value is -3.52. The lowest BCUT2D eigenvalue weighted by atomic mass is 9.82. The first-order valence-corrected chi connectivity index (χ1v) is 9.98. The number of aromatic hydroxyl groups is 1. The molecule has 0 aliphatic rings. The number of aromatic amines is 1. The van der Waals surface area contributed by atoms with Crippen molar-refractivity contribution in [2.75, 3.05) is 0 Å². The fourth-order valence-corrected chi connectivity index (χ4v) is 4.55. The second-order valence-corrected chi connectivity index (χ2v) is 7.72. The van der Waals surface area contributed by atoms with Crippen LogP contribution < -0.4 is 0 Å². The number of rotatable bonds is 3. The number of aryl methyl sites for hydroxylation is 2. The highest BCUT2D eigenvalue weighted by atomic mass is 16.3. The van der Waals surface area contributed by atoms with Gasteiger partial charge in [-0.15, -0.1) is 0 Å². The van der Waals surface area contributed by atoms with Crippen molar-refractivity contribution in [2.24, 2.45) is 0 Å². The maximum absolute atomic E-state index is 11.0. The summed E-state index contributed by atoms with van der Waals surface area (Å²) < 4.78 is 0. The number of benzene rings is 4. The van der Waals surface area contributed by atoms with Gasteiger partial charge in [-0.2, -0.15) is 0 Å². The van der Waals surface area contributed by atoms with Crippen molar-refractivity contribution in [1.82, 2.24) is 4.98 Å². The minimum Gasteiger partial charge on any atom is -0.508 e. The van der Waals surface area contributed by atoms with Crippen LogP contribution in [0.25, 0.3) is 21.7 Å². The number of phenols is 1. The van der Waals surface area contributed by atoms with Gasteiger partial charge in [0.05, 0.1) is 5.92 Å². The average Bonchev–Trinajstić information content (AvgIpc) is 3.08. The predicted molar refractivity (Wildman–Crippen MR) is 121 cm³/mol. The molecule has 0 amide bonds. The van der Waals surface area contributed by atoms with E-state index < -0.39 is 0 Å². The van der Waals surface area contributed by atoms with E-state index in [-0.39, 0.29) is 5.92 Å². The highest BCUT2D eigenvalue weighted by molar-refractivity contribution is 5.91. The van der Waals surface area contributed by atoms with Crippen LogP contribution in [0.15, 0.2) is 84.9 Å². The third-order valence-electron chi connectivity index (χ3n) is 6.03. The first-order valence-electron chi connectivity index (χ1n) is 9.98. The van der Waals surface area contributed by atoms with Gasteiger partial charge in [0.25, 0.3) is 0 Å². The van der Waals surface area contributed by atoms with E-state index in [2.05, 4.69) is 79.5 Å². The summed E-state index contributed by atoms with van der Waals surface area (Å²) in [7, 11) is 0. The average molecular weight is 377 g/mol. The predicted octanol–water partition coefficient (Wildman–Crippen LogP) is 6.82. The zero-order valence-corrected chi connectivity index (χ0v) is 16.6. The molecule has 0 saturated carbocycles. The molecular weight excluding hydrogens is 354 g/mol. The van der Waals surface area contributed by atoms with Gasteiger partial charge in [-0.1, -0.05) is 72.8 Å². The molecule has 142 valence electrons.